The Labute approximate surface area is 297 Å². The van der Waals surface area contributed by atoms with Crippen LogP contribution in [0.15, 0.2) is 97.1 Å². The van der Waals surface area contributed by atoms with E-state index in [2.05, 4.69) is 0 Å². The molecule has 4 heterocycles. The van der Waals surface area contributed by atoms with Crippen molar-refractivity contribution in [2.45, 2.75) is 50.9 Å². The highest BCUT2D eigenvalue weighted by Gasteiger charge is 2.73. The molecule has 0 spiro atoms. The Balaban J connectivity index is 1.34. The molecule has 6 atom stereocenters. The molecule has 4 saturated heterocycles. The average molecular weight is 701 g/mol. The number of nitrogens with zero attached hydrogens (tertiary/aromatic N) is 6. The van der Waals surface area contributed by atoms with Crippen LogP contribution in [0.1, 0.15) is 48.2 Å². The second-order valence-corrected chi connectivity index (χ2v) is 13.4. The molecular formula is C38H32N6O8. The predicted molar refractivity (Wildman–Crippen MR) is 187 cm³/mol. The van der Waals surface area contributed by atoms with Gasteiger partial charge in [0.1, 0.15) is 12.1 Å². The van der Waals surface area contributed by atoms with E-state index in [4.69, 9.17) is 0 Å². The molecule has 52 heavy (non-hydrogen) atoms. The molecular weight excluding hydrogens is 668 g/mol. The van der Waals surface area contributed by atoms with Crippen LogP contribution in [0, 0.1) is 32.1 Å². The van der Waals surface area contributed by atoms with E-state index in [1.165, 1.54) is 36.4 Å². The fourth-order valence-electron chi connectivity index (χ4n) is 8.41. The largest absolute Gasteiger partial charge is 0.274 e. The van der Waals surface area contributed by atoms with Gasteiger partial charge in [0.15, 0.2) is 0 Å². The molecule has 4 amide bonds. The third-order valence-corrected chi connectivity index (χ3v) is 10.8. The summed E-state index contributed by atoms with van der Waals surface area (Å²) in [5.74, 6) is -4.63. The van der Waals surface area contributed by atoms with Crippen molar-refractivity contribution in [2.24, 2.45) is 11.8 Å². The summed E-state index contributed by atoms with van der Waals surface area (Å²) in [4.78, 5) is 83.6. The zero-order valence-electron chi connectivity index (χ0n) is 28.1. The van der Waals surface area contributed by atoms with Crippen LogP contribution in [-0.2, 0) is 32.0 Å². The predicted octanol–water partition coefficient (Wildman–Crippen LogP) is 5.07. The second kappa shape index (κ2) is 12.3. The number of non-ortho nitro benzene ring substituents is 2. The first-order valence-electron chi connectivity index (χ1n) is 17.0. The smallest absolute Gasteiger partial charge is 0.269 e. The number of carbonyl (C=O) groups is 4. The van der Waals surface area contributed by atoms with Crippen molar-refractivity contribution >= 4 is 46.4 Å². The minimum absolute atomic E-state index is 0.256. The van der Waals surface area contributed by atoms with Gasteiger partial charge in [-0.3, -0.25) is 39.4 Å². The number of nitro benzene ring substituents is 2. The molecule has 4 aromatic rings. The van der Waals surface area contributed by atoms with Gasteiger partial charge in [-0.25, -0.2) is 19.8 Å². The number of imide groups is 2. The number of rotatable bonds is 8. The van der Waals surface area contributed by atoms with Crippen molar-refractivity contribution in [3.05, 3.63) is 140 Å². The Kier molecular flexibility index (Phi) is 7.81. The number of anilines is 2. The summed E-state index contributed by atoms with van der Waals surface area (Å²) in [6.45, 7) is 3.96. The zero-order chi connectivity index (χ0) is 36.6. The Morgan fingerprint density at radius 2 is 0.885 bits per heavy atom. The molecule has 4 fully saturated rings. The number of hydrogen-bond acceptors (Lipinski definition) is 10. The summed E-state index contributed by atoms with van der Waals surface area (Å²) >= 11 is 0. The number of aryl methyl sites for hydroxylation is 2. The maximum atomic E-state index is 14.7. The summed E-state index contributed by atoms with van der Waals surface area (Å²) in [5.41, 5.74) is 2.76. The highest BCUT2D eigenvalue weighted by Crippen LogP contribution is 2.60. The summed E-state index contributed by atoms with van der Waals surface area (Å²) in [7, 11) is 0. The molecule has 0 aromatic heterocycles. The van der Waals surface area contributed by atoms with E-state index < -0.39 is 69.5 Å². The van der Waals surface area contributed by atoms with Gasteiger partial charge in [-0.1, -0.05) is 62.4 Å². The van der Waals surface area contributed by atoms with E-state index in [1.807, 2.05) is 38.1 Å². The molecule has 14 nitrogen and oxygen atoms in total. The van der Waals surface area contributed by atoms with Crippen LogP contribution in [0.3, 0.4) is 0 Å². The number of amides is 4. The molecule has 0 saturated carbocycles. The van der Waals surface area contributed by atoms with E-state index >= 15 is 0 Å². The van der Waals surface area contributed by atoms with Crippen molar-refractivity contribution in [3.8, 4) is 0 Å². The third-order valence-electron chi connectivity index (χ3n) is 10.8. The lowest BCUT2D eigenvalue weighted by molar-refractivity contribution is -0.385. The van der Waals surface area contributed by atoms with Crippen LogP contribution in [0.4, 0.5) is 22.7 Å². The quantitative estimate of drug-likeness (QED) is 0.137. The number of carbonyl (C=O) groups excluding carboxylic acids is 4. The molecule has 0 radical (unpaired) electrons. The summed E-state index contributed by atoms with van der Waals surface area (Å²) in [5, 5.41) is 27.1. The lowest BCUT2D eigenvalue weighted by Gasteiger charge is -2.35. The molecule has 0 N–H and O–H groups in total. The third kappa shape index (κ3) is 4.78. The van der Waals surface area contributed by atoms with Gasteiger partial charge < -0.3 is 0 Å². The first kappa shape index (κ1) is 33.0. The molecule has 6 unspecified atom stereocenters. The van der Waals surface area contributed by atoms with Gasteiger partial charge in [-0.05, 0) is 59.4 Å². The molecule has 262 valence electrons. The lowest BCUT2D eigenvalue weighted by atomic mass is 9.84. The second-order valence-electron chi connectivity index (χ2n) is 13.4. The molecule has 14 heteroatoms. The first-order chi connectivity index (χ1) is 25.0. The summed E-state index contributed by atoms with van der Waals surface area (Å²) in [6, 6.07) is 20.8. The Morgan fingerprint density at radius 1 is 0.519 bits per heavy atom. The van der Waals surface area contributed by atoms with Gasteiger partial charge >= 0.3 is 0 Å². The maximum absolute atomic E-state index is 14.7. The molecule has 0 bridgehead atoms. The molecule has 4 aromatic carbocycles. The lowest BCUT2D eigenvalue weighted by Crippen LogP contribution is -2.50. The number of benzene rings is 4. The minimum atomic E-state index is -1.24. The van der Waals surface area contributed by atoms with Crippen LogP contribution in [0.2, 0.25) is 0 Å². The van der Waals surface area contributed by atoms with Crippen molar-refractivity contribution in [1.82, 2.24) is 10.0 Å². The van der Waals surface area contributed by atoms with Gasteiger partial charge in [0, 0.05) is 24.3 Å². The van der Waals surface area contributed by atoms with Gasteiger partial charge in [-0.15, -0.1) is 0 Å². The number of nitro groups is 2. The minimum Gasteiger partial charge on any atom is -0.274 e. The SMILES string of the molecule is CCc1ccc(N2C(=O)C3C(C2=O)N2C(c4cccc([N+](=O)[O-])c4)C4C(=O)N(c5ccc(CC)cc5)C(=O)C4N2C3c2cccc([N+](=O)[O-])c2)cc1. The fraction of sp³-hybridized carbons (Fsp3) is 0.263. The summed E-state index contributed by atoms with van der Waals surface area (Å²) in [6.07, 6.45) is 1.47. The van der Waals surface area contributed by atoms with Crippen LogP contribution < -0.4 is 9.80 Å². The van der Waals surface area contributed by atoms with Crippen molar-refractivity contribution in [2.75, 3.05) is 9.80 Å². The van der Waals surface area contributed by atoms with Crippen molar-refractivity contribution in [3.63, 3.8) is 0 Å². The maximum Gasteiger partial charge on any atom is 0.269 e. The van der Waals surface area contributed by atoms with E-state index in [0.717, 1.165) is 33.8 Å². The van der Waals surface area contributed by atoms with Gasteiger partial charge in [0.05, 0.1) is 45.1 Å². The highest BCUT2D eigenvalue weighted by atomic mass is 16.6. The van der Waals surface area contributed by atoms with Crippen LogP contribution >= 0.6 is 0 Å². The Morgan fingerprint density at radius 3 is 1.21 bits per heavy atom. The molecule has 4 aliphatic heterocycles. The van der Waals surface area contributed by atoms with E-state index in [-0.39, 0.29) is 11.4 Å². The standard InChI is InChI=1S/C38H32N6O8/c1-3-21-11-15-25(16-12-21)39-35(45)29-31(23-7-5-9-27(19-23)43(49)50)42-34-30(36(46)40(38(34)48)26-17-13-22(4-2)14-18-26)32(41(42)33(29)37(39)47)24-8-6-10-28(20-24)44(51)52/h5-20,29-34H,3-4H2,1-2H3. The monoisotopic (exact) mass is 700 g/mol. The molecule has 4 aliphatic rings. The highest BCUT2D eigenvalue weighted by molar-refractivity contribution is 6.26. The number of hydrogen-bond donors (Lipinski definition) is 0. The molecule has 8 rings (SSSR count). The van der Waals surface area contributed by atoms with Crippen LogP contribution in [-0.4, -0.2) is 55.6 Å². The van der Waals surface area contributed by atoms with Gasteiger partial charge in [-0.2, -0.15) is 0 Å². The normalized spacial score (nSPS) is 25.5. The summed E-state index contributed by atoms with van der Waals surface area (Å²) < 4.78 is 0. The fourth-order valence-corrected chi connectivity index (χ4v) is 8.41. The zero-order valence-corrected chi connectivity index (χ0v) is 28.1. The number of hydrazine groups is 1. The first-order valence-corrected chi connectivity index (χ1v) is 17.0. The number of fused-ring (bicyclic) bond motifs is 5. The van der Waals surface area contributed by atoms with Gasteiger partial charge in [0.2, 0.25) is 11.8 Å². The van der Waals surface area contributed by atoms with Crippen molar-refractivity contribution < 1.29 is 29.0 Å². The van der Waals surface area contributed by atoms with E-state index in [1.54, 1.807) is 46.4 Å². The average Bonchev–Trinajstić information content (AvgIpc) is 3.83. The molecule has 0 aliphatic carbocycles. The van der Waals surface area contributed by atoms with Crippen molar-refractivity contribution in [1.29, 1.82) is 0 Å². The van der Waals surface area contributed by atoms with Gasteiger partial charge in [0.25, 0.3) is 23.2 Å². The van der Waals surface area contributed by atoms with E-state index in [9.17, 15) is 39.4 Å². The topological polar surface area (TPSA) is 168 Å². The Bertz CT molecular complexity index is 2040. The van der Waals surface area contributed by atoms with Crippen LogP contribution in [0.5, 0.6) is 0 Å². The Hall–Kier alpha value is -6.12. The van der Waals surface area contributed by atoms with E-state index in [0.29, 0.717) is 22.5 Å². The van der Waals surface area contributed by atoms with Crippen LogP contribution in [0.25, 0.3) is 0 Å².